The lowest BCUT2D eigenvalue weighted by Crippen LogP contribution is -2.36. The lowest BCUT2D eigenvalue weighted by atomic mass is 9.71. The number of rotatable bonds is 8. The molecule has 4 rings (SSSR count). The first-order chi connectivity index (χ1) is 18.6. The Morgan fingerprint density at radius 2 is 1.59 bits per heavy atom. The third-order valence-electron chi connectivity index (χ3n) is 7.06. The molecule has 0 unspecified atom stereocenters. The highest BCUT2D eigenvalue weighted by molar-refractivity contribution is 9.10. The third-order valence-corrected chi connectivity index (χ3v) is 7.65. The molecule has 208 valence electrons. The van der Waals surface area contributed by atoms with Gasteiger partial charge in [0.15, 0.2) is 28.8 Å². The van der Waals surface area contributed by atoms with E-state index in [1.807, 2.05) is 37.3 Å². The molecule has 2 aromatic carbocycles. The van der Waals surface area contributed by atoms with E-state index in [4.69, 9.17) is 23.7 Å². The van der Waals surface area contributed by atoms with Crippen molar-refractivity contribution in [3.8, 4) is 23.0 Å². The Morgan fingerprint density at radius 1 is 0.923 bits per heavy atom. The van der Waals surface area contributed by atoms with Crippen LogP contribution in [0.25, 0.3) is 0 Å². The molecule has 0 spiro atoms. The minimum Gasteiger partial charge on any atom is -0.493 e. The number of hydrogen-bond acceptors (Lipinski definition) is 8. The van der Waals surface area contributed by atoms with E-state index in [2.05, 4.69) is 21.2 Å². The fourth-order valence-electron chi connectivity index (χ4n) is 5.37. The van der Waals surface area contributed by atoms with Gasteiger partial charge in [0, 0.05) is 29.3 Å². The number of esters is 1. The van der Waals surface area contributed by atoms with E-state index in [0.29, 0.717) is 50.7 Å². The number of ether oxygens (including phenoxy) is 5. The van der Waals surface area contributed by atoms with Crippen molar-refractivity contribution < 1.29 is 33.3 Å². The Balaban J connectivity index is 1.84. The highest BCUT2D eigenvalue weighted by atomic mass is 79.9. The SMILES string of the molecule is COc1ccc([C@@H]2CC(=O)C3=C(C2)NC(C)=C(C(=O)OC(C)C)[C@@H]3c2cc(Br)c(OC)c(OC)c2)cc1OC. The molecular formula is C30H34BrNO7. The molecule has 1 aliphatic carbocycles. The quantitative estimate of drug-likeness (QED) is 0.381. The Labute approximate surface area is 237 Å². The van der Waals surface area contributed by atoms with Gasteiger partial charge in [-0.05, 0) is 84.4 Å². The van der Waals surface area contributed by atoms with E-state index in [1.165, 1.54) is 0 Å². The van der Waals surface area contributed by atoms with Crippen molar-refractivity contribution in [3.05, 3.63) is 68.5 Å². The molecule has 1 heterocycles. The van der Waals surface area contributed by atoms with E-state index >= 15 is 0 Å². The van der Waals surface area contributed by atoms with Gasteiger partial charge in [0.1, 0.15) is 0 Å². The molecule has 8 nitrogen and oxygen atoms in total. The summed E-state index contributed by atoms with van der Waals surface area (Å²) in [5, 5.41) is 3.38. The summed E-state index contributed by atoms with van der Waals surface area (Å²) in [6.45, 7) is 5.44. The van der Waals surface area contributed by atoms with E-state index in [0.717, 1.165) is 16.8 Å². The van der Waals surface area contributed by atoms with Crippen LogP contribution < -0.4 is 24.3 Å². The number of carbonyl (C=O) groups excluding carboxylic acids is 2. The number of carbonyl (C=O) groups is 2. The van der Waals surface area contributed by atoms with Crippen LogP contribution in [0.15, 0.2) is 57.3 Å². The summed E-state index contributed by atoms with van der Waals surface area (Å²) in [6, 6.07) is 9.42. The van der Waals surface area contributed by atoms with Crippen LogP contribution in [-0.4, -0.2) is 46.3 Å². The first-order valence-corrected chi connectivity index (χ1v) is 13.5. The van der Waals surface area contributed by atoms with Gasteiger partial charge >= 0.3 is 5.97 Å². The second-order valence-corrected chi connectivity index (χ2v) is 10.7. The smallest absolute Gasteiger partial charge is 0.337 e. The van der Waals surface area contributed by atoms with E-state index in [1.54, 1.807) is 42.3 Å². The van der Waals surface area contributed by atoms with Crippen molar-refractivity contribution in [2.45, 2.75) is 51.6 Å². The van der Waals surface area contributed by atoms with E-state index < -0.39 is 11.9 Å². The summed E-state index contributed by atoms with van der Waals surface area (Å²) in [4.78, 5) is 27.4. The molecule has 2 aliphatic rings. The van der Waals surface area contributed by atoms with Crippen LogP contribution in [0.2, 0.25) is 0 Å². The van der Waals surface area contributed by atoms with Gasteiger partial charge in [-0.15, -0.1) is 0 Å². The minimum absolute atomic E-state index is 0.0400. The number of nitrogens with one attached hydrogen (secondary N) is 1. The summed E-state index contributed by atoms with van der Waals surface area (Å²) in [5.74, 6) is 1.05. The summed E-state index contributed by atoms with van der Waals surface area (Å²) >= 11 is 3.57. The maximum Gasteiger partial charge on any atom is 0.337 e. The molecule has 39 heavy (non-hydrogen) atoms. The van der Waals surface area contributed by atoms with Crippen LogP contribution in [0.5, 0.6) is 23.0 Å². The summed E-state index contributed by atoms with van der Waals surface area (Å²) in [7, 11) is 6.29. The standard InChI is InChI=1S/C30H34BrNO7/c1-15(2)39-30(34)26-16(3)32-21-11-18(17-8-9-23(35-4)24(13-17)36-5)12-22(33)28(21)27(26)19-10-20(31)29(38-7)25(14-19)37-6/h8-10,13-15,18,27,32H,11-12H2,1-7H3/t18-,27-/m0/s1. The highest BCUT2D eigenvalue weighted by Gasteiger charge is 2.42. The topological polar surface area (TPSA) is 92.3 Å². The lowest BCUT2D eigenvalue weighted by Gasteiger charge is -2.37. The molecule has 0 bridgehead atoms. The molecule has 1 N–H and O–H groups in total. The molecule has 0 saturated carbocycles. The normalized spacial score (nSPS) is 18.9. The van der Waals surface area contributed by atoms with Gasteiger partial charge in [0.2, 0.25) is 0 Å². The Hall–Kier alpha value is -3.46. The number of Topliss-reactive ketones (excluding diaryl/α,β-unsaturated/α-hetero) is 1. The van der Waals surface area contributed by atoms with Crippen LogP contribution in [0.4, 0.5) is 0 Å². The molecule has 2 aromatic rings. The maximum atomic E-state index is 13.9. The fourth-order valence-corrected chi connectivity index (χ4v) is 5.99. The number of allylic oxidation sites excluding steroid dienone is 3. The number of methoxy groups -OCH3 is 4. The minimum atomic E-state index is -0.637. The second-order valence-electron chi connectivity index (χ2n) is 9.82. The summed E-state index contributed by atoms with van der Waals surface area (Å²) < 4.78 is 28.2. The van der Waals surface area contributed by atoms with Gasteiger partial charge in [-0.3, -0.25) is 4.79 Å². The Morgan fingerprint density at radius 3 is 2.21 bits per heavy atom. The van der Waals surface area contributed by atoms with Gasteiger partial charge in [-0.2, -0.15) is 0 Å². The van der Waals surface area contributed by atoms with Gasteiger partial charge in [-0.1, -0.05) is 6.07 Å². The number of halogens is 1. The van der Waals surface area contributed by atoms with Crippen LogP contribution >= 0.6 is 15.9 Å². The van der Waals surface area contributed by atoms with Crippen molar-refractivity contribution >= 4 is 27.7 Å². The van der Waals surface area contributed by atoms with Crippen molar-refractivity contribution in [1.29, 1.82) is 0 Å². The van der Waals surface area contributed by atoms with Crippen LogP contribution in [-0.2, 0) is 14.3 Å². The summed E-state index contributed by atoms with van der Waals surface area (Å²) in [5.41, 5.74) is 4.11. The zero-order valence-electron chi connectivity index (χ0n) is 23.3. The van der Waals surface area contributed by atoms with Crippen molar-refractivity contribution in [1.82, 2.24) is 5.32 Å². The number of hydrogen-bond donors (Lipinski definition) is 1. The fraction of sp³-hybridized carbons (Fsp3) is 0.400. The molecule has 1 aliphatic heterocycles. The van der Waals surface area contributed by atoms with Crippen LogP contribution in [0.3, 0.4) is 0 Å². The first kappa shape index (κ1) is 28.5. The first-order valence-electron chi connectivity index (χ1n) is 12.7. The van der Waals surface area contributed by atoms with Crippen molar-refractivity contribution in [2.75, 3.05) is 28.4 Å². The molecule has 0 radical (unpaired) electrons. The number of benzene rings is 2. The Bertz CT molecular complexity index is 1360. The molecule has 0 fully saturated rings. The molecule has 2 atom stereocenters. The van der Waals surface area contributed by atoms with E-state index in [-0.39, 0.29) is 24.2 Å². The van der Waals surface area contributed by atoms with Crippen LogP contribution in [0.1, 0.15) is 56.6 Å². The molecule has 0 aromatic heterocycles. The maximum absolute atomic E-state index is 13.9. The van der Waals surface area contributed by atoms with Gasteiger partial charge in [0.25, 0.3) is 0 Å². The molecule has 9 heteroatoms. The van der Waals surface area contributed by atoms with Crippen LogP contribution in [0, 0.1) is 0 Å². The molecule has 0 saturated heterocycles. The van der Waals surface area contributed by atoms with E-state index in [9.17, 15) is 9.59 Å². The lowest BCUT2D eigenvalue weighted by molar-refractivity contribution is -0.143. The van der Waals surface area contributed by atoms with Gasteiger partial charge in [-0.25, -0.2) is 4.79 Å². The second kappa shape index (κ2) is 11.7. The number of dihydropyridines is 1. The van der Waals surface area contributed by atoms with Gasteiger partial charge in [0.05, 0.1) is 44.6 Å². The number of ketones is 1. The highest BCUT2D eigenvalue weighted by Crippen LogP contribution is 2.49. The summed E-state index contributed by atoms with van der Waals surface area (Å²) in [6.07, 6.45) is 0.556. The van der Waals surface area contributed by atoms with Gasteiger partial charge < -0.3 is 29.0 Å². The molecule has 0 amide bonds. The third kappa shape index (κ3) is 5.50. The zero-order valence-corrected chi connectivity index (χ0v) is 24.9. The van der Waals surface area contributed by atoms with Crippen molar-refractivity contribution in [2.24, 2.45) is 0 Å². The zero-order chi connectivity index (χ0) is 28.4. The largest absolute Gasteiger partial charge is 0.493 e. The predicted octanol–water partition coefficient (Wildman–Crippen LogP) is 5.80. The monoisotopic (exact) mass is 599 g/mol. The average Bonchev–Trinajstić information content (AvgIpc) is 2.90. The van der Waals surface area contributed by atoms with Crippen molar-refractivity contribution in [3.63, 3.8) is 0 Å². The average molecular weight is 601 g/mol. The predicted molar refractivity (Wildman–Crippen MR) is 151 cm³/mol. The Kier molecular flexibility index (Phi) is 8.59. The molecular weight excluding hydrogens is 566 g/mol.